The van der Waals surface area contributed by atoms with E-state index >= 15 is 0 Å². The first kappa shape index (κ1) is 15.3. The van der Waals surface area contributed by atoms with Gasteiger partial charge in [0.05, 0.1) is 6.61 Å². The van der Waals surface area contributed by atoms with Crippen LogP contribution in [0.1, 0.15) is 64.2 Å². The monoisotopic (exact) mass is 268 g/mol. The van der Waals surface area contributed by atoms with Crippen molar-refractivity contribution >= 4 is 0 Å². The summed E-state index contributed by atoms with van der Waals surface area (Å²) in [7, 11) is 0. The number of hydrogen-bond acceptors (Lipinski definition) is 3. The second-order valence-corrected chi connectivity index (χ2v) is 6.75. The molecule has 0 amide bonds. The summed E-state index contributed by atoms with van der Waals surface area (Å²) in [6.07, 6.45) is 13.4. The molecule has 2 aliphatic carbocycles. The predicted octanol–water partition coefficient (Wildman–Crippen LogP) is 2.52. The molecular weight excluding hydrogens is 236 g/mol. The van der Waals surface area contributed by atoms with Gasteiger partial charge in [-0.3, -0.25) is 4.90 Å². The highest BCUT2D eigenvalue weighted by Crippen LogP contribution is 2.36. The fourth-order valence-electron chi connectivity index (χ4n) is 4.12. The van der Waals surface area contributed by atoms with Gasteiger partial charge in [0.15, 0.2) is 0 Å². The topological polar surface area (TPSA) is 49.5 Å². The lowest BCUT2D eigenvalue weighted by Crippen LogP contribution is -2.47. The second kappa shape index (κ2) is 7.61. The summed E-state index contributed by atoms with van der Waals surface area (Å²) in [4.78, 5) is 2.56. The van der Waals surface area contributed by atoms with Crippen LogP contribution >= 0.6 is 0 Å². The van der Waals surface area contributed by atoms with E-state index in [1.165, 1.54) is 64.2 Å². The Hall–Kier alpha value is -0.120. The van der Waals surface area contributed by atoms with Crippen molar-refractivity contribution in [3.05, 3.63) is 0 Å². The number of nitrogens with two attached hydrogens (primary N) is 1. The van der Waals surface area contributed by atoms with Crippen molar-refractivity contribution in [3.8, 4) is 0 Å². The van der Waals surface area contributed by atoms with E-state index in [1.54, 1.807) is 0 Å². The minimum atomic E-state index is 0.289. The highest BCUT2D eigenvalue weighted by molar-refractivity contribution is 4.89. The van der Waals surface area contributed by atoms with Crippen LogP contribution in [0.3, 0.4) is 0 Å². The van der Waals surface area contributed by atoms with Crippen molar-refractivity contribution in [2.24, 2.45) is 11.1 Å². The molecule has 0 aromatic heterocycles. The average Bonchev–Trinajstić information content (AvgIpc) is 2.86. The molecule has 3 heteroatoms. The molecule has 2 fully saturated rings. The van der Waals surface area contributed by atoms with Gasteiger partial charge in [-0.25, -0.2) is 0 Å². The Kier molecular flexibility index (Phi) is 6.11. The first-order valence-corrected chi connectivity index (χ1v) is 8.35. The number of hydrogen-bond donors (Lipinski definition) is 2. The van der Waals surface area contributed by atoms with E-state index in [1.807, 2.05) is 0 Å². The standard InChI is InChI=1S/C16H32N2O/c17-13-16(9-5-1-2-6-10-16)14-18(11-12-19)15-7-3-4-8-15/h15,19H,1-14,17H2. The van der Waals surface area contributed by atoms with Crippen LogP contribution in [0.5, 0.6) is 0 Å². The first-order chi connectivity index (χ1) is 9.29. The molecule has 0 aliphatic heterocycles. The summed E-state index contributed by atoms with van der Waals surface area (Å²) in [5.41, 5.74) is 6.49. The molecule has 0 saturated heterocycles. The molecule has 3 nitrogen and oxygen atoms in total. The molecule has 3 N–H and O–H groups in total. The van der Waals surface area contributed by atoms with Crippen molar-refractivity contribution in [2.45, 2.75) is 70.3 Å². The van der Waals surface area contributed by atoms with Crippen LogP contribution in [-0.2, 0) is 0 Å². The predicted molar refractivity (Wildman–Crippen MR) is 80.1 cm³/mol. The van der Waals surface area contributed by atoms with Gasteiger partial charge in [0.25, 0.3) is 0 Å². The summed E-state index contributed by atoms with van der Waals surface area (Å²) >= 11 is 0. The minimum absolute atomic E-state index is 0.289. The van der Waals surface area contributed by atoms with Crippen LogP contribution < -0.4 is 5.73 Å². The zero-order chi connectivity index (χ0) is 13.6. The summed E-state index contributed by atoms with van der Waals surface area (Å²) in [5, 5.41) is 9.37. The molecule has 2 rings (SSSR count). The zero-order valence-electron chi connectivity index (χ0n) is 12.4. The van der Waals surface area contributed by atoms with E-state index in [9.17, 15) is 5.11 Å². The lowest BCUT2D eigenvalue weighted by atomic mass is 9.79. The van der Waals surface area contributed by atoms with Crippen LogP contribution in [0.2, 0.25) is 0 Å². The molecule has 2 saturated carbocycles. The Morgan fingerprint density at radius 1 is 1.00 bits per heavy atom. The normalized spacial score (nSPS) is 24.8. The van der Waals surface area contributed by atoms with Crippen molar-refractivity contribution < 1.29 is 5.11 Å². The van der Waals surface area contributed by atoms with Crippen LogP contribution in [-0.4, -0.2) is 42.3 Å². The summed E-state index contributed by atoms with van der Waals surface area (Å²) in [5.74, 6) is 0. The third-order valence-electron chi connectivity index (χ3n) is 5.36. The molecular formula is C16H32N2O. The van der Waals surface area contributed by atoms with Gasteiger partial charge in [0.1, 0.15) is 0 Å². The maximum absolute atomic E-state index is 9.37. The van der Waals surface area contributed by atoms with Crippen molar-refractivity contribution in [1.82, 2.24) is 4.90 Å². The SMILES string of the molecule is NCC1(CN(CCO)C2CCCC2)CCCCCC1. The van der Waals surface area contributed by atoms with Gasteiger partial charge in [-0.1, -0.05) is 38.5 Å². The van der Waals surface area contributed by atoms with Gasteiger partial charge in [-0.15, -0.1) is 0 Å². The Morgan fingerprint density at radius 3 is 2.16 bits per heavy atom. The van der Waals surface area contributed by atoms with Crippen LogP contribution in [0.25, 0.3) is 0 Å². The van der Waals surface area contributed by atoms with Gasteiger partial charge < -0.3 is 10.8 Å². The third kappa shape index (κ3) is 4.17. The summed E-state index contributed by atoms with van der Waals surface area (Å²) < 4.78 is 0. The minimum Gasteiger partial charge on any atom is -0.395 e. The summed E-state index contributed by atoms with van der Waals surface area (Å²) in [6, 6.07) is 0.707. The molecule has 0 spiro atoms. The van der Waals surface area contributed by atoms with Gasteiger partial charge in [0, 0.05) is 19.1 Å². The van der Waals surface area contributed by atoms with E-state index in [0.29, 0.717) is 11.5 Å². The van der Waals surface area contributed by atoms with Gasteiger partial charge in [-0.05, 0) is 37.6 Å². The highest BCUT2D eigenvalue weighted by Gasteiger charge is 2.34. The fraction of sp³-hybridized carbons (Fsp3) is 1.00. The van der Waals surface area contributed by atoms with Crippen molar-refractivity contribution in [3.63, 3.8) is 0 Å². The Labute approximate surface area is 118 Å². The van der Waals surface area contributed by atoms with Crippen molar-refractivity contribution in [1.29, 1.82) is 0 Å². The fourth-order valence-corrected chi connectivity index (χ4v) is 4.12. The number of rotatable bonds is 6. The molecule has 0 aromatic carbocycles. The molecule has 0 aromatic rings. The van der Waals surface area contributed by atoms with Gasteiger partial charge in [0.2, 0.25) is 0 Å². The van der Waals surface area contributed by atoms with Crippen molar-refractivity contribution in [2.75, 3.05) is 26.2 Å². The van der Waals surface area contributed by atoms with E-state index < -0.39 is 0 Å². The second-order valence-electron chi connectivity index (χ2n) is 6.75. The third-order valence-corrected chi connectivity index (χ3v) is 5.36. The van der Waals surface area contributed by atoms with Crippen LogP contribution in [0.4, 0.5) is 0 Å². The van der Waals surface area contributed by atoms with E-state index in [-0.39, 0.29) is 6.61 Å². The highest BCUT2D eigenvalue weighted by atomic mass is 16.3. The molecule has 0 unspecified atom stereocenters. The Morgan fingerprint density at radius 2 is 1.63 bits per heavy atom. The smallest absolute Gasteiger partial charge is 0.0558 e. The molecule has 2 aliphatic rings. The average molecular weight is 268 g/mol. The molecule has 0 atom stereocenters. The van der Waals surface area contributed by atoms with Gasteiger partial charge >= 0.3 is 0 Å². The van der Waals surface area contributed by atoms with Crippen LogP contribution in [0, 0.1) is 5.41 Å². The number of aliphatic hydroxyl groups is 1. The van der Waals surface area contributed by atoms with Crippen LogP contribution in [0.15, 0.2) is 0 Å². The quantitative estimate of drug-likeness (QED) is 0.728. The van der Waals surface area contributed by atoms with Gasteiger partial charge in [-0.2, -0.15) is 0 Å². The molecule has 0 bridgehead atoms. The lowest BCUT2D eigenvalue weighted by molar-refractivity contribution is 0.0819. The largest absolute Gasteiger partial charge is 0.395 e. The Balaban J connectivity index is 1.99. The lowest BCUT2D eigenvalue weighted by Gasteiger charge is -2.39. The number of nitrogens with zero attached hydrogens (tertiary/aromatic N) is 1. The molecule has 19 heavy (non-hydrogen) atoms. The summed E-state index contributed by atoms with van der Waals surface area (Å²) in [6.45, 7) is 3.07. The number of aliphatic hydroxyl groups excluding tert-OH is 1. The zero-order valence-corrected chi connectivity index (χ0v) is 12.4. The maximum Gasteiger partial charge on any atom is 0.0558 e. The maximum atomic E-state index is 9.37. The van der Waals surface area contributed by atoms with E-state index in [2.05, 4.69) is 4.90 Å². The van der Waals surface area contributed by atoms with E-state index in [4.69, 9.17) is 5.73 Å². The molecule has 0 radical (unpaired) electrons. The first-order valence-electron chi connectivity index (χ1n) is 8.35. The van der Waals surface area contributed by atoms with E-state index in [0.717, 1.165) is 19.6 Å². The molecule has 0 heterocycles. The molecule has 112 valence electrons. The Bertz CT molecular complexity index is 243.